The smallest absolute Gasteiger partial charge is 0.326 e. The van der Waals surface area contributed by atoms with E-state index in [4.69, 9.17) is 0 Å². The average Bonchev–Trinajstić information content (AvgIpc) is 3.03. The van der Waals surface area contributed by atoms with E-state index in [0.29, 0.717) is 24.7 Å². The van der Waals surface area contributed by atoms with Gasteiger partial charge in [0, 0.05) is 12.1 Å². The van der Waals surface area contributed by atoms with Gasteiger partial charge in [0.05, 0.1) is 0 Å². The minimum atomic E-state index is -0.966. The summed E-state index contributed by atoms with van der Waals surface area (Å²) in [6.07, 6.45) is 1.27. The van der Waals surface area contributed by atoms with Crippen molar-refractivity contribution >= 4 is 11.9 Å². The van der Waals surface area contributed by atoms with Crippen molar-refractivity contribution in [2.75, 3.05) is 6.54 Å². The van der Waals surface area contributed by atoms with E-state index in [1.807, 2.05) is 38.1 Å². The van der Waals surface area contributed by atoms with Gasteiger partial charge in [-0.3, -0.25) is 4.79 Å². The van der Waals surface area contributed by atoms with Gasteiger partial charge in [0.15, 0.2) is 0 Å². The predicted molar refractivity (Wildman–Crippen MR) is 89.5 cm³/mol. The summed E-state index contributed by atoms with van der Waals surface area (Å²) in [5.41, 5.74) is 1.95. The van der Waals surface area contributed by atoms with Gasteiger partial charge in [-0.2, -0.15) is 4.80 Å². The molecular weight excluding hydrogens is 322 g/mol. The van der Waals surface area contributed by atoms with Crippen LogP contribution in [0.3, 0.4) is 0 Å². The first kappa shape index (κ1) is 17.1. The van der Waals surface area contributed by atoms with Crippen LogP contribution in [0, 0.1) is 12.8 Å². The van der Waals surface area contributed by atoms with E-state index in [1.54, 1.807) is 0 Å². The van der Waals surface area contributed by atoms with Gasteiger partial charge in [-0.1, -0.05) is 36.8 Å². The molecule has 2 atom stereocenters. The highest BCUT2D eigenvalue weighted by Gasteiger charge is 2.34. The fourth-order valence-electron chi connectivity index (χ4n) is 3.01. The van der Waals surface area contributed by atoms with Crippen LogP contribution in [0.2, 0.25) is 0 Å². The van der Waals surface area contributed by atoms with Gasteiger partial charge in [0.2, 0.25) is 11.7 Å². The van der Waals surface area contributed by atoms with E-state index in [9.17, 15) is 14.7 Å². The van der Waals surface area contributed by atoms with Crippen LogP contribution in [0.1, 0.15) is 25.3 Å². The normalized spacial score (nSPS) is 20.5. The molecule has 0 bridgehead atoms. The molecule has 132 valence electrons. The largest absolute Gasteiger partial charge is 0.480 e. The first-order chi connectivity index (χ1) is 11.9. The average molecular weight is 343 g/mol. The molecule has 1 aliphatic rings. The van der Waals surface area contributed by atoms with E-state index in [-0.39, 0.29) is 12.5 Å². The number of piperidine rings is 1. The van der Waals surface area contributed by atoms with Crippen molar-refractivity contribution in [1.29, 1.82) is 0 Å². The van der Waals surface area contributed by atoms with E-state index in [0.717, 1.165) is 17.5 Å². The maximum Gasteiger partial charge on any atom is 0.326 e. The summed E-state index contributed by atoms with van der Waals surface area (Å²) in [4.78, 5) is 26.6. The minimum Gasteiger partial charge on any atom is -0.480 e. The number of nitrogens with zero attached hydrogens (tertiary/aromatic N) is 5. The molecule has 8 nitrogen and oxygen atoms in total. The summed E-state index contributed by atoms with van der Waals surface area (Å²) in [6.45, 7) is 4.32. The Morgan fingerprint density at radius 1 is 1.28 bits per heavy atom. The van der Waals surface area contributed by atoms with Crippen LogP contribution < -0.4 is 0 Å². The second-order valence-electron chi connectivity index (χ2n) is 6.58. The number of likely N-dealkylation sites (tertiary alicyclic amines) is 1. The number of carboxylic acids is 1. The number of carbonyl (C=O) groups excluding carboxylic acids is 1. The lowest BCUT2D eigenvalue weighted by molar-refractivity contribution is -0.153. The highest BCUT2D eigenvalue weighted by Crippen LogP contribution is 2.23. The number of amides is 1. The molecule has 1 N–H and O–H groups in total. The molecule has 0 radical (unpaired) electrons. The molecule has 2 aromatic rings. The molecular formula is C17H21N5O3. The zero-order valence-electron chi connectivity index (χ0n) is 14.3. The molecule has 1 saturated heterocycles. The van der Waals surface area contributed by atoms with Gasteiger partial charge in [0.1, 0.15) is 12.6 Å². The van der Waals surface area contributed by atoms with Crippen molar-refractivity contribution in [2.24, 2.45) is 5.92 Å². The van der Waals surface area contributed by atoms with Gasteiger partial charge in [-0.15, -0.1) is 10.2 Å². The second kappa shape index (κ2) is 7.00. The third kappa shape index (κ3) is 3.84. The van der Waals surface area contributed by atoms with Crippen molar-refractivity contribution in [3.63, 3.8) is 0 Å². The van der Waals surface area contributed by atoms with Gasteiger partial charge in [-0.05, 0) is 30.9 Å². The lowest BCUT2D eigenvalue weighted by Crippen LogP contribution is -2.50. The Hall–Kier alpha value is -2.77. The van der Waals surface area contributed by atoms with E-state index in [1.165, 1.54) is 9.70 Å². The standard InChI is InChI=1S/C17H21N5O3/c1-11-3-5-13(6-4-11)16-18-20-22(19-16)10-15(23)21-8-7-12(2)9-14(21)17(24)25/h3-6,12,14H,7-10H2,1-2H3,(H,24,25). The number of hydrogen-bond acceptors (Lipinski definition) is 5. The number of aromatic nitrogens is 4. The van der Waals surface area contributed by atoms with Crippen LogP contribution in [0.15, 0.2) is 24.3 Å². The quantitative estimate of drug-likeness (QED) is 0.899. The zero-order chi connectivity index (χ0) is 18.0. The Balaban J connectivity index is 1.70. The molecule has 1 aliphatic heterocycles. The van der Waals surface area contributed by atoms with Crippen LogP contribution in [0.4, 0.5) is 0 Å². The number of carboxylic acid groups (broad SMARTS) is 1. The first-order valence-corrected chi connectivity index (χ1v) is 8.31. The lowest BCUT2D eigenvalue weighted by atomic mass is 9.92. The van der Waals surface area contributed by atoms with E-state index < -0.39 is 12.0 Å². The fraction of sp³-hybridized carbons (Fsp3) is 0.471. The van der Waals surface area contributed by atoms with Crippen molar-refractivity contribution in [1.82, 2.24) is 25.1 Å². The number of rotatable bonds is 4. The summed E-state index contributed by atoms with van der Waals surface area (Å²) >= 11 is 0. The van der Waals surface area contributed by atoms with Crippen LogP contribution in [-0.4, -0.2) is 54.7 Å². The summed E-state index contributed by atoms with van der Waals surface area (Å²) in [6, 6.07) is 6.91. The summed E-state index contributed by atoms with van der Waals surface area (Å²) < 4.78 is 0. The highest BCUT2D eigenvalue weighted by molar-refractivity contribution is 5.83. The summed E-state index contributed by atoms with van der Waals surface area (Å²) in [5.74, 6) is -0.531. The van der Waals surface area contributed by atoms with Gasteiger partial charge in [0.25, 0.3) is 0 Å². The first-order valence-electron chi connectivity index (χ1n) is 8.31. The van der Waals surface area contributed by atoms with Gasteiger partial charge in [-0.25, -0.2) is 4.79 Å². The number of benzene rings is 1. The highest BCUT2D eigenvalue weighted by atomic mass is 16.4. The predicted octanol–water partition coefficient (Wildman–Crippen LogP) is 1.36. The van der Waals surface area contributed by atoms with Crippen LogP contribution in [0.5, 0.6) is 0 Å². The van der Waals surface area contributed by atoms with Crippen LogP contribution in [0.25, 0.3) is 11.4 Å². The molecule has 1 aromatic heterocycles. The van der Waals surface area contributed by atoms with Crippen molar-refractivity contribution in [3.8, 4) is 11.4 Å². The second-order valence-corrected chi connectivity index (χ2v) is 6.58. The Bertz CT molecular complexity index is 771. The maximum absolute atomic E-state index is 12.5. The SMILES string of the molecule is Cc1ccc(-c2nnn(CC(=O)N3CCC(C)CC3C(=O)O)n2)cc1. The maximum atomic E-state index is 12.5. The molecule has 25 heavy (non-hydrogen) atoms. The molecule has 1 amide bonds. The molecule has 2 heterocycles. The molecule has 0 saturated carbocycles. The molecule has 0 spiro atoms. The number of aryl methyl sites for hydroxylation is 1. The van der Waals surface area contributed by atoms with E-state index >= 15 is 0 Å². The topological polar surface area (TPSA) is 101 Å². The van der Waals surface area contributed by atoms with Crippen LogP contribution >= 0.6 is 0 Å². The number of hydrogen-bond donors (Lipinski definition) is 1. The molecule has 1 aromatic carbocycles. The molecule has 1 fully saturated rings. The lowest BCUT2D eigenvalue weighted by Gasteiger charge is -2.35. The zero-order valence-corrected chi connectivity index (χ0v) is 14.3. The molecule has 0 aliphatic carbocycles. The van der Waals surface area contributed by atoms with Gasteiger partial charge < -0.3 is 10.0 Å². The molecule has 2 unspecified atom stereocenters. The van der Waals surface area contributed by atoms with Gasteiger partial charge >= 0.3 is 5.97 Å². The van der Waals surface area contributed by atoms with Crippen molar-refractivity contribution in [2.45, 2.75) is 39.3 Å². The molecule has 8 heteroatoms. The number of carbonyl (C=O) groups is 2. The Labute approximate surface area is 145 Å². The number of aliphatic carboxylic acids is 1. The molecule has 3 rings (SSSR count). The fourth-order valence-corrected chi connectivity index (χ4v) is 3.01. The summed E-state index contributed by atoms with van der Waals surface area (Å²) in [7, 11) is 0. The Kier molecular flexibility index (Phi) is 4.78. The van der Waals surface area contributed by atoms with Crippen LogP contribution in [-0.2, 0) is 16.1 Å². The Morgan fingerprint density at radius 3 is 2.68 bits per heavy atom. The third-order valence-corrected chi connectivity index (χ3v) is 4.51. The van der Waals surface area contributed by atoms with Crippen molar-refractivity contribution in [3.05, 3.63) is 29.8 Å². The monoisotopic (exact) mass is 343 g/mol. The third-order valence-electron chi connectivity index (χ3n) is 4.51. The van der Waals surface area contributed by atoms with Crippen molar-refractivity contribution < 1.29 is 14.7 Å². The number of tetrazole rings is 1. The van der Waals surface area contributed by atoms with E-state index in [2.05, 4.69) is 15.4 Å². The minimum absolute atomic E-state index is 0.114. The summed E-state index contributed by atoms with van der Waals surface area (Å²) in [5, 5.41) is 21.5. The Morgan fingerprint density at radius 2 is 2.00 bits per heavy atom.